The van der Waals surface area contributed by atoms with Gasteiger partial charge in [-0.15, -0.1) is 0 Å². The van der Waals surface area contributed by atoms with Gasteiger partial charge in [0.05, 0.1) is 8.22 Å². The van der Waals surface area contributed by atoms with Gasteiger partial charge in [-0.3, -0.25) is 4.79 Å². The number of fused-ring (bicyclic) bond motifs is 1. The van der Waals surface area contributed by atoms with Crippen molar-refractivity contribution < 1.29 is 20.9 Å². The lowest BCUT2D eigenvalue weighted by Crippen LogP contribution is -2.32. The molecule has 1 atom stereocenters. The maximum atomic E-state index is 11.1. The Hall–Kier alpha value is -1.81. The fourth-order valence-corrected chi connectivity index (χ4v) is 1.06. The van der Waals surface area contributed by atoms with Crippen LogP contribution in [0.5, 0.6) is 0 Å². The third-order valence-corrected chi connectivity index (χ3v) is 1.74. The van der Waals surface area contributed by atoms with E-state index in [1.807, 2.05) is 0 Å². The lowest BCUT2D eigenvalue weighted by molar-refractivity contribution is -0.138. The summed E-state index contributed by atoms with van der Waals surface area (Å²) < 4.78 is 62.0. The normalized spacial score (nSPS) is 23.5. The zero-order chi connectivity index (χ0) is 17.9. The molecule has 15 heavy (non-hydrogen) atoms. The van der Waals surface area contributed by atoms with Crippen LogP contribution < -0.4 is 5.73 Å². The van der Waals surface area contributed by atoms with Crippen molar-refractivity contribution in [1.82, 2.24) is 4.98 Å². The van der Waals surface area contributed by atoms with Crippen LogP contribution in [0.1, 0.15) is 16.5 Å². The first-order chi connectivity index (χ1) is 10.4. The van der Waals surface area contributed by atoms with E-state index < -0.39 is 59.7 Å². The Balaban J connectivity index is 2.97. The smallest absolute Gasteiger partial charge is 0.320 e. The molecule has 4 N–H and O–H groups in total. The molecule has 0 bridgehead atoms. The van der Waals surface area contributed by atoms with Crippen molar-refractivity contribution in [2.75, 3.05) is 0 Å². The van der Waals surface area contributed by atoms with Gasteiger partial charge in [-0.2, -0.15) is 0 Å². The quantitative estimate of drug-likeness (QED) is 0.541. The number of nitrogens with one attached hydrogen (secondary N) is 1. The topological polar surface area (TPSA) is 79.1 Å². The number of H-pyrrole nitrogens is 1. The molecule has 1 heterocycles. The molecule has 0 radical (unpaired) electrons. The van der Waals surface area contributed by atoms with E-state index in [1.165, 1.54) is 0 Å². The van der Waals surface area contributed by atoms with E-state index in [2.05, 4.69) is 4.98 Å². The maximum absolute atomic E-state index is 11.1. The fourth-order valence-electron chi connectivity index (χ4n) is 1.06. The number of rotatable bonds is 3. The summed E-state index contributed by atoms with van der Waals surface area (Å²) in [6, 6.07) is -5.58. The van der Waals surface area contributed by atoms with Crippen molar-refractivity contribution >= 4 is 16.9 Å². The van der Waals surface area contributed by atoms with Gasteiger partial charge >= 0.3 is 5.97 Å². The Bertz CT molecular complexity index is 830. The van der Waals surface area contributed by atoms with Crippen molar-refractivity contribution in [1.29, 1.82) is 0 Å². The number of aromatic amines is 1. The molecular formula is C11H12N2O2. The molecule has 0 saturated carbocycles. The van der Waals surface area contributed by atoms with Crippen molar-refractivity contribution in [2.45, 2.75) is 12.4 Å². The molecule has 0 aliphatic heterocycles. The van der Waals surface area contributed by atoms with E-state index >= 15 is 0 Å². The molecule has 1 aromatic carbocycles. The number of carbonyl (C=O) groups is 1. The van der Waals surface area contributed by atoms with Gasteiger partial charge in [-0.05, 0) is 11.6 Å². The molecule has 1 aromatic heterocycles. The first-order valence-electron chi connectivity index (χ1n) is 7.97. The van der Waals surface area contributed by atoms with E-state index in [1.54, 1.807) is 0 Å². The lowest BCUT2D eigenvalue weighted by Gasteiger charge is -2.04. The summed E-state index contributed by atoms with van der Waals surface area (Å²) in [7, 11) is 0. The predicted octanol–water partition coefficient (Wildman–Crippen LogP) is 1.12. The molecule has 0 aliphatic carbocycles. The van der Waals surface area contributed by atoms with Crippen LogP contribution in [-0.2, 0) is 11.2 Å². The average molecular weight is 225 g/mol. The summed E-state index contributed by atoms with van der Waals surface area (Å²) >= 11 is 0. The first-order valence-corrected chi connectivity index (χ1v) is 3.97. The molecule has 2 aromatic rings. The largest absolute Gasteiger partial charge is 0.480 e. The molecule has 0 aliphatic rings. The molecule has 0 fully saturated rings. The van der Waals surface area contributed by atoms with Gasteiger partial charge in [0.2, 0.25) is 0 Å². The van der Waals surface area contributed by atoms with Crippen LogP contribution in [0, 0.1) is 0 Å². The second kappa shape index (κ2) is 3.74. The predicted molar refractivity (Wildman–Crippen MR) is 57.6 cm³/mol. The number of hydrogen-bond donors (Lipinski definition) is 3. The van der Waals surface area contributed by atoms with Gasteiger partial charge in [0.1, 0.15) is 6.02 Å². The van der Waals surface area contributed by atoms with Crippen LogP contribution in [-0.4, -0.2) is 22.1 Å². The van der Waals surface area contributed by atoms with E-state index in [4.69, 9.17) is 21.8 Å². The highest BCUT2D eigenvalue weighted by molar-refractivity contribution is 5.84. The lowest BCUT2D eigenvalue weighted by atomic mass is 11.1. The Labute approximate surface area is 98.0 Å². The summed E-state index contributed by atoms with van der Waals surface area (Å²) in [4.78, 5) is 13.4. The Morgan fingerprint density at radius 1 is 1.73 bits per heavy atom. The van der Waals surface area contributed by atoms with Crippen molar-refractivity contribution in [3.05, 3.63) is 35.9 Å². The Kier molecular flexibility index (Phi) is 0.994. The number of carboxylic acids is 1. The monoisotopic (exact) mass is 225 g/mol. The summed E-state index contributed by atoms with van der Waals surface area (Å²) in [6.07, 6.45) is -3.76. The summed E-state index contributed by atoms with van der Waals surface area (Å²) in [5, 5.41) is 8.59. The highest BCUT2D eigenvalue weighted by atomic mass is 16.5. The second-order valence-corrected chi connectivity index (χ2v) is 2.72. The molecule has 0 spiro atoms. The Morgan fingerprint density at radius 3 is 3.20 bits per heavy atom. The van der Waals surface area contributed by atoms with Gasteiger partial charge < -0.3 is 15.8 Å². The molecule has 4 heteroatoms. The molecule has 78 valence electrons. The van der Waals surface area contributed by atoms with Crippen LogP contribution in [0.2, 0.25) is 0 Å². The zero-order valence-corrected chi connectivity index (χ0v) is 7.43. The minimum Gasteiger partial charge on any atom is -0.480 e. The van der Waals surface area contributed by atoms with Crippen LogP contribution >= 0.6 is 0 Å². The number of aliphatic carboxylic acids is 1. The van der Waals surface area contributed by atoms with E-state index in [0.29, 0.717) is 0 Å². The molecule has 0 saturated heterocycles. The molecular weight excluding hydrogens is 205 g/mol. The molecule has 0 unspecified atom stereocenters. The number of carboxylic acid groups (broad SMARTS) is 1. The van der Waals surface area contributed by atoms with Crippen LogP contribution in [0.4, 0.5) is 0 Å². The molecule has 2 rings (SSSR count). The standard InChI is InChI=1S/C11H12N2O2/c12-9(11(14)15)5-7-6-13-10-4-2-1-3-8(7)10/h1-4,6,9,13H,5,12H2,(H,14,15)/t9-/m0/s1/i1+1D,2+1D,3+1D,4+1D,5+1D2,6+1D,7+1,8+1,9+1D,10+1,11+1,12+1,13+1. The minimum atomic E-state index is -3.16. The highest BCUT2D eigenvalue weighted by Crippen LogP contribution is 2.18. The third-order valence-electron chi connectivity index (χ3n) is 1.74. The summed E-state index contributed by atoms with van der Waals surface area (Å²) in [6.45, 7) is 0. The number of hydrogen-bond acceptors (Lipinski definition) is 2. The fraction of sp³-hybridized carbons (Fsp3) is 0.182. The van der Waals surface area contributed by atoms with Crippen molar-refractivity contribution in [3.8, 4) is 0 Å². The summed E-state index contributed by atoms with van der Waals surface area (Å²) in [5.41, 5.74) is 4.30. The third kappa shape index (κ3) is 1.85. The van der Waals surface area contributed by atoms with E-state index in [-0.39, 0.29) is 5.52 Å². The maximum Gasteiger partial charge on any atom is 0.320 e. The SMILES string of the molecule is [2H][13c]1[15nH][13c]2[13c]([2H])[13c]([2H])[13c]([2H])[13c]([2H])[13c]2[13c]1[13C]([2H])([2H])[13C@]([2H])([15NH2])[13C](=O)O. The van der Waals surface area contributed by atoms with Gasteiger partial charge in [0.25, 0.3) is 0 Å². The minimum absolute atomic E-state index is 0.249. The van der Waals surface area contributed by atoms with E-state index in [0.717, 1.165) is 0 Å². The second-order valence-electron chi connectivity index (χ2n) is 2.72. The number of aromatic nitrogens is 1. The zero-order valence-electron chi connectivity index (χ0n) is 15.4. The van der Waals surface area contributed by atoms with Gasteiger partial charge in [-0.25, -0.2) is 0 Å². The highest BCUT2D eigenvalue weighted by Gasteiger charge is 2.14. The number of para-hydroxylation sites is 1. The van der Waals surface area contributed by atoms with Crippen molar-refractivity contribution in [2.24, 2.45) is 5.73 Å². The summed E-state index contributed by atoms with van der Waals surface area (Å²) in [5.74, 6) is -1.97. The Morgan fingerprint density at radius 2 is 2.47 bits per heavy atom. The van der Waals surface area contributed by atoms with E-state index in [9.17, 15) is 4.79 Å². The molecule has 4 nitrogen and oxygen atoms in total. The van der Waals surface area contributed by atoms with Gasteiger partial charge in [0, 0.05) is 26.2 Å². The number of nitrogens with two attached hydrogens (primary N) is 1. The van der Waals surface area contributed by atoms with Crippen LogP contribution in [0.15, 0.2) is 30.3 Å². The average Bonchev–Trinajstić information content (AvgIpc) is 2.80. The van der Waals surface area contributed by atoms with Crippen LogP contribution in [0.25, 0.3) is 10.9 Å². The first kappa shape index (κ1) is 3.98. The van der Waals surface area contributed by atoms with Gasteiger partial charge in [0.15, 0.2) is 0 Å². The van der Waals surface area contributed by atoms with Gasteiger partial charge in [-0.1, -0.05) is 18.1 Å². The van der Waals surface area contributed by atoms with Crippen LogP contribution in [0.3, 0.4) is 0 Å². The molecule has 0 amide bonds. The van der Waals surface area contributed by atoms with Crippen molar-refractivity contribution in [3.63, 3.8) is 0 Å². The number of benzene rings is 1.